The van der Waals surface area contributed by atoms with E-state index in [0.29, 0.717) is 13.0 Å². The Labute approximate surface area is 120 Å². The van der Waals surface area contributed by atoms with Gasteiger partial charge in [-0.3, -0.25) is 9.58 Å². The summed E-state index contributed by atoms with van der Waals surface area (Å²) in [7, 11) is -2.86. The summed E-state index contributed by atoms with van der Waals surface area (Å²) in [5.41, 5.74) is 1.14. The molecule has 1 aromatic heterocycles. The fourth-order valence-electron chi connectivity index (χ4n) is 2.42. The van der Waals surface area contributed by atoms with Crippen molar-refractivity contribution < 1.29 is 13.2 Å². The number of hydrogen-bond acceptors (Lipinski definition) is 5. The van der Waals surface area contributed by atoms with Crippen LogP contribution in [0.1, 0.15) is 12.0 Å². The summed E-state index contributed by atoms with van der Waals surface area (Å²) in [6.07, 6.45) is 5.95. The van der Waals surface area contributed by atoms with Gasteiger partial charge >= 0.3 is 0 Å². The van der Waals surface area contributed by atoms with Gasteiger partial charge in [-0.2, -0.15) is 5.10 Å². The van der Waals surface area contributed by atoms with Crippen LogP contribution in [0.25, 0.3) is 0 Å². The van der Waals surface area contributed by atoms with E-state index in [1.165, 1.54) is 6.26 Å². The lowest BCUT2D eigenvalue weighted by molar-refractivity contribution is -0.0372. The van der Waals surface area contributed by atoms with E-state index in [0.717, 1.165) is 31.7 Å². The molecule has 0 saturated carbocycles. The Balaban J connectivity index is 1.76. The molecule has 0 aliphatic carbocycles. The average molecular weight is 301 g/mol. The first-order chi connectivity index (χ1) is 9.42. The number of sulfone groups is 1. The van der Waals surface area contributed by atoms with E-state index in [9.17, 15) is 8.42 Å². The monoisotopic (exact) mass is 301 g/mol. The van der Waals surface area contributed by atoms with Gasteiger partial charge in [0.15, 0.2) is 0 Å². The smallest absolute Gasteiger partial charge is 0.147 e. The zero-order chi connectivity index (χ0) is 14.6. The molecule has 20 heavy (non-hydrogen) atoms. The normalized spacial score (nSPS) is 21.2. The van der Waals surface area contributed by atoms with E-state index in [1.807, 2.05) is 24.0 Å². The lowest BCUT2D eigenvalue weighted by atomic mass is 10.2. The van der Waals surface area contributed by atoms with Crippen molar-refractivity contribution >= 4 is 9.84 Å². The van der Waals surface area contributed by atoms with Crippen LogP contribution in [0.5, 0.6) is 0 Å². The van der Waals surface area contributed by atoms with Gasteiger partial charge in [0.25, 0.3) is 0 Å². The van der Waals surface area contributed by atoms with Crippen LogP contribution >= 0.6 is 0 Å². The van der Waals surface area contributed by atoms with Crippen molar-refractivity contribution in [1.29, 1.82) is 0 Å². The molecule has 2 rings (SSSR count). The predicted molar refractivity (Wildman–Crippen MR) is 77.5 cm³/mol. The highest BCUT2D eigenvalue weighted by molar-refractivity contribution is 7.90. The molecule has 0 spiro atoms. The topological polar surface area (TPSA) is 64.4 Å². The molecule has 0 amide bonds. The Bertz CT molecular complexity index is 527. The van der Waals surface area contributed by atoms with Gasteiger partial charge in [-0.05, 0) is 25.5 Å². The third kappa shape index (κ3) is 5.22. The fraction of sp³-hybridized carbons (Fsp3) is 0.769. The van der Waals surface area contributed by atoms with Crippen molar-refractivity contribution in [3.8, 4) is 0 Å². The molecule has 1 aliphatic rings. The zero-order valence-electron chi connectivity index (χ0n) is 12.2. The summed E-state index contributed by atoms with van der Waals surface area (Å²) in [5.74, 6) is 0.257. The van der Waals surface area contributed by atoms with Crippen molar-refractivity contribution in [3.63, 3.8) is 0 Å². The molecule has 1 atom stereocenters. The Morgan fingerprint density at radius 3 is 2.95 bits per heavy atom. The van der Waals surface area contributed by atoms with Gasteiger partial charge in [0.05, 0.1) is 31.2 Å². The first-order valence-corrected chi connectivity index (χ1v) is 8.99. The molecule has 114 valence electrons. The highest BCUT2D eigenvalue weighted by Crippen LogP contribution is 2.09. The maximum Gasteiger partial charge on any atom is 0.147 e. The highest BCUT2D eigenvalue weighted by atomic mass is 32.2. The SMILES string of the molecule is Cc1cnn(C[C@H]2CN(CCCS(C)(=O)=O)CCO2)c1. The van der Waals surface area contributed by atoms with Gasteiger partial charge in [0, 0.05) is 25.5 Å². The molecule has 0 N–H and O–H groups in total. The van der Waals surface area contributed by atoms with E-state index in [4.69, 9.17) is 4.74 Å². The van der Waals surface area contributed by atoms with E-state index >= 15 is 0 Å². The largest absolute Gasteiger partial charge is 0.374 e. The van der Waals surface area contributed by atoms with Gasteiger partial charge in [-0.15, -0.1) is 0 Å². The summed E-state index contributed by atoms with van der Waals surface area (Å²) in [6.45, 7) is 5.98. The van der Waals surface area contributed by atoms with E-state index in [1.54, 1.807) is 0 Å². The van der Waals surface area contributed by atoms with Crippen molar-refractivity contribution in [1.82, 2.24) is 14.7 Å². The second kappa shape index (κ2) is 6.69. The van der Waals surface area contributed by atoms with Gasteiger partial charge in [-0.1, -0.05) is 0 Å². The second-order valence-corrected chi connectivity index (χ2v) is 7.78. The third-order valence-corrected chi connectivity index (χ3v) is 4.40. The predicted octanol–water partition coefficient (Wildman–Crippen LogP) is 0.327. The maximum atomic E-state index is 11.1. The van der Waals surface area contributed by atoms with Crippen LogP contribution in [0.2, 0.25) is 0 Å². The van der Waals surface area contributed by atoms with Gasteiger partial charge < -0.3 is 4.74 Å². The van der Waals surface area contributed by atoms with E-state index < -0.39 is 9.84 Å². The summed E-state index contributed by atoms with van der Waals surface area (Å²) in [6, 6.07) is 0. The number of morpholine rings is 1. The molecule has 0 unspecified atom stereocenters. The number of hydrogen-bond donors (Lipinski definition) is 0. The fourth-order valence-corrected chi connectivity index (χ4v) is 3.07. The van der Waals surface area contributed by atoms with Gasteiger partial charge in [0.2, 0.25) is 0 Å². The molecule has 7 heteroatoms. The number of ether oxygens (including phenoxy) is 1. The van der Waals surface area contributed by atoms with Crippen LogP contribution in [0.4, 0.5) is 0 Å². The standard InChI is InChI=1S/C13H23N3O3S/c1-12-8-14-16(9-12)11-13-10-15(5-6-19-13)4-3-7-20(2,17)18/h8-9,13H,3-7,10-11H2,1-2H3/t13-/m1/s1. The molecule has 0 radical (unpaired) electrons. The van der Waals surface area contributed by atoms with Crippen LogP contribution in [0.15, 0.2) is 12.4 Å². The highest BCUT2D eigenvalue weighted by Gasteiger charge is 2.21. The van der Waals surface area contributed by atoms with Crippen molar-refractivity contribution in [3.05, 3.63) is 18.0 Å². The minimum absolute atomic E-state index is 0.126. The number of aryl methyl sites for hydroxylation is 1. The van der Waals surface area contributed by atoms with E-state index in [-0.39, 0.29) is 11.9 Å². The minimum Gasteiger partial charge on any atom is -0.374 e. The molecule has 1 aliphatic heterocycles. The van der Waals surface area contributed by atoms with Crippen molar-refractivity contribution in [2.75, 3.05) is 38.2 Å². The molecule has 2 heterocycles. The van der Waals surface area contributed by atoms with E-state index in [2.05, 4.69) is 10.00 Å². The summed E-state index contributed by atoms with van der Waals surface area (Å²) in [4.78, 5) is 2.27. The van der Waals surface area contributed by atoms with Crippen LogP contribution in [0, 0.1) is 6.92 Å². The molecular weight excluding hydrogens is 278 g/mol. The van der Waals surface area contributed by atoms with Crippen molar-refractivity contribution in [2.24, 2.45) is 0 Å². The first kappa shape index (κ1) is 15.5. The number of rotatable bonds is 6. The molecule has 0 aromatic carbocycles. The summed E-state index contributed by atoms with van der Waals surface area (Å²) in [5, 5.41) is 4.27. The maximum absolute atomic E-state index is 11.1. The number of aromatic nitrogens is 2. The molecule has 1 aromatic rings. The first-order valence-electron chi connectivity index (χ1n) is 6.93. The second-order valence-electron chi connectivity index (χ2n) is 5.52. The van der Waals surface area contributed by atoms with Crippen LogP contribution in [-0.4, -0.2) is 67.5 Å². The Hall–Kier alpha value is -0.920. The Morgan fingerprint density at radius 2 is 2.30 bits per heavy atom. The molecule has 1 saturated heterocycles. The van der Waals surface area contributed by atoms with Gasteiger partial charge in [-0.25, -0.2) is 8.42 Å². The minimum atomic E-state index is -2.86. The van der Waals surface area contributed by atoms with Gasteiger partial charge in [0.1, 0.15) is 9.84 Å². The number of nitrogens with zero attached hydrogens (tertiary/aromatic N) is 3. The van der Waals surface area contributed by atoms with Crippen LogP contribution in [0.3, 0.4) is 0 Å². The van der Waals surface area contributed by atoms with Crippen molar-refractivity contribution in [2.45, 2.75) is 26.0 Å². The quantitative estimate of drug-likeness (QED) is 0.757. The molecule has 6 nitrogen and oxygen atoms in total. The Kier molecular flexibility index (Phi) is 5.17. The Morgan fingerprint density at radius 1 is 1.50 bits per heavy atom. The molecule has 1 fully saturated rings. The lowest BCUT2D eigenvalue weighted by Crippen LogP contribution is -2.44. The average Bonchev–Trinajstić information content (AvgIpc) is 2.73. The zero-order valence-corrected chi connectivity index (χ0v) is 13.0. The summed E-state index contributed by atoms with van der Waals surface area (Å²) >= 11 is 0. The van der Waals surface area contributed by atoms with Crippen LogP contribution in [-0.2, 0) is 21.1 Å². The summed E-state index contributed by atoms with van der Waals surface area (Å²) < 4.78 is 29.9. The molecule has 0 bridgehead atoms. The molecular formula is C13H23N3O3S. The van der Waals surface area contributed by atoms with Crippen LogP contribution < -0.4 is 0 Å². The lowest BCUT2D eigenvalue weighted by Gasteiger charge is -2.32. The third-order valence-electron chi connectivity index (χ3n) is 3.37.